The zero-order chi connectivity index (χ0) is 22.2. The lowest BCUT2D eigenvalue weighted by Gasteiger charge is -2.45. The van der Waals surface area contributed by atoms with Crippen LogP contribution in [0.4, 0.5) is 24.5 Å². The normalized spacial score (nSPS) is 18.5. The number of benzene rings is 2. The Bertz CT molecular complexity index is 995. The van der Waals surface area contributed by atoms with Crippen LogP contribution in [-0.2, 0) is 4.74 Å². The van der Waals surface area contributed by atoms with Crippen molar-refractivity contribution in [1.29, 1.82) is 0 Å². The highest BCUT2D eigenvalue weighted by Gasteiger charge is 2.50. The standard InChI is InChI=1S/C21H21F3IN3O3/c22-15-3-2-14(19(18(15)24)26-17-4-1-13(25)9-16(17)23)20(29)28-11-21(30,12-28)10-27-5-7-31-8-6-27/h1-4,9,26,30H,5-8,10-12H2/p+1. The molecule has 2 aliphatic heterocycles. The Morgan fingerprint density at radius 2 is 1.84 bits per heavy atom. The first-order valence-electron chi connectivity index (χ1n) is 9.80. The van der Waals surface area contributed by atoms with E-state index in [9.17, 15) is 18.0 Å². The molecule has 0 atom stereocenters. The molecule has 2 aliphatic rings. The molecular weight excluding hydrogens is 526 g/mol. The van der Waals surface area contributed by atoms with E-state index in [1.54, 1.807) is 6.07 Å². The number of likely N-dealkylation sites (tertiary alicyclic amines) is 1. The van der Waals surface area contributed by atoms with E-state index in [-0.39, 0.29) is 24.3 Å². The first kappa shape index (κ1) is 22.3. The highest BCUT2D eigenvalue weighted by Crippen LogP contribution is 2.32. The van der Waals surface area contributed by atoms with Crippen molar-refractivity contribution < 1.29 is 27.8 Å². The number of nitrogens with one attached hydrogen (secondary N) is 1. The number of carbonyl (C=O) groups excluding carboxylic acids is 1. The van der Waals surface area contributed by atoms with Gasteiger partial charge in [0, 0.05) is 16.7 Å². The summed E-state index contributed by atoms with van der Waals surface area (Å²) in [5, 5.41) is 11.1. The van der Waals surface area contributed by atoms with E-state index < -0.39 is 34.6 Å². The number of carbonyl (C=O) groups is 1. The van der Waals surface area contributed by atoms with Gasteiger partial charge in [-0.2, -0.15) is 0 Å². The summed E-state index contributed by atoms with van der Waals surface area (Å²) in [4.78, 5) is 16.6. The van der Waals surface area contributed by atoms with Crippen LogP contribution in [0.2, 0.25) is 0 Å². The van der Waals surface area contributed by atoms with Crippen molar-refractivity contribution >= 4 is 39.9 Å². The van der Waals surface area contributed by atoms with Gasteiger partial charge in [0.25, 0.3) is 5.91 Å². The summed E-state index contributed by atoms with van der Waals surface area (Å²) in [5.74, 6) is -3.57. The molecule has 10 heteroatoms. The first-order valence-corrected chi connectivity index (χ1v) is 10.9. The molecule has 31 heavy (non-hydrogen) atoms. The first-order chi connectivity index (χ1) is 14.8. The van der Waals surface area contributed by atoms with Gasteiger partial charge in [-0.3, -0.25) is 9.69 Å². The fourth-order valence-electron chi connectivity index (χ4n) is 3.86. The van der Waals surface area contributed by atoms with Crippen LogP contribution in [0.15, 0.2) is 30.3 Å². The van der Waals surface area contributed by atoms with Crippen LogP contribution >= 0.6 is 22.6 Å². The van der Waals surface area contributed by atoms with Gasteiger partial charge in [0.1, 0.15) is 5.82 Å². The van der Waals surface area contributed by atoms with Crippen molar-refractivity contribution in [2.75, 3.05) is 51.3 Å². The largest absolute Gasteiger partial charge is 0.437 e. The molecule has 2 saturated heterocycles. The average molecular weight is 548 g/mol. The van der Waals surface area contributed by atoms with E-state index >= 15 is 0 Å². The van der Waals surface area contributed by atoms with Crippen molar-refractivity contribution in [1.82, 2.24) is 9.80 Å². The number of nitrogens with zero attached hydrogens (tertiary/aromatic N) is 2. The lowest BCUT2D eigenvalue weighted by molar-refractivity contribution is -0.107. The predicted octanol–water partition coefficient (Wildman–Crippen LogP) is 2.70. The molecule has 0 aliphatic carbocycles. The van der Waals surface area contributed by atoms with E-state index in [4.69, 9.17) is 9.84 Å². The van der Waals surface area contributed by atoms with Crippen LogP contribution in [0.25, 0.3) is 0 Å². The van der Waals surface area contributed by atoms with E-state index in [0.717, 1.165) is 19.2 Å². The van der Waals surface area contributed by atoms with Gasteiger partial charge in [0.2, 0.25) is 5.60 Å². The van der Waals surface area contributed by atoms with Crippen molar-refractivity contribution in [3.63, 3.8) is 0 Å². The topological polar surface area (TPSA) is 67.7 Å². The summed E-state index contributed by atoms with van der Waals surface area (Å²) in [6.07, 6.45) is 0. The SMILES string of the molecule is O=C(c1ccc(F)c(F)c1Nc1ccc(I)cc1F)N1CC([OH2+])(CN2CCOCC2)C1. The van der Waals surface area contributed by atoms with Crippen LogP contribution < -0.4 is 5.32 Å². The van der Waals surface area contributed by atoms with Gasteiger partial charge in [0.05, 0.1) is 49.8 Å². The summed E-state index contributed by atoms with van der Waals surface area (Å²) in [6.45, 7) is 3.60. The van der Waals surface area contributed by atoms with Crippen molar-refractivity contribution in [2.45, 2.75) is 5.60 Å². The number of anilines is 2. The molecule has 0 aromatic heterocycles. The van der Waals surface area contributed by atoms with Gasteiger partial charge in [-0.05, 0) is 52.9 Å². The van der Waals surface area contributed by atoms with Gasteiger partial charge in [0.15, 0.2) is 11.6 Å². The maximum atomic E-state index is 14.6. The molecule has 2 fully saturated rings. The van der Waals surface area contributed by atoms with Gasteiger partial charge in [-0.15, -0.1) is 0 Å². The second-order valence-corrected chi connectivity index (χ2v) is 9.11. The summed E-state index contributed by atoms with van der Waals surface area (Å²) < 4.78 is 48.7. The number of hydrogen-bond donors (Lipinski definition) is 1. The molecule has 166 valence electrons. The molecule has 0 radical (unpaired) electrons. The number of ether oxygens (including phenoxy) is 1. The predicted molar refractivity (Wildman–Crippen MR) is 118 cm³/mol. The molecule has 6 nitrogen and oxygen atoms in total. The molecule has 0 bridgehead atoms. The second-order valence-electron chi connectivity index (χ2n) is 7.86. The summed E-state index contributed by atoms with van der Waals surface area (Å²) in [5.41, 5.74) is -1.41. The van der Waals surface area contributed by atoms with Crippen LogP contribution in [0.5, 0.6) is 0 Å². The summed E-state index contributed by atoms with van der Waals surface area (Å²) >= 11 is 1.94. The van der Waals surface area contributed by atoms with Gasteiger partial charge in [-0.25, -0.2) is 13.2 Å². The number of hydrogen-bond acceptors (Lipinski definition) is 4. The third-order valence-electron chi connectivity index (χ3n) is 5.42. The number of morpholine rings is 1. The summed E-state index contributed by atoms with van der Waals surface area (Å²) in [7, 11) is 0. The Morgan fingerprint density at radius 1 is 1.13 bits per heavy atom. The Morgan fingerprint density at radius 3 is 2.52 bits per heavy atom. The smallest absolute Gasteiger partial charge is 0.256 e. The Hall–Kier alpha value is -1.89. The molecule has 0 spiro atoms. The van der Waals surface area contributed by atoms with Crippen molar-refractivity contribution in [2.24, 2.45) is 0 Å². The molecular formula is C21H22F3IN3O3+. The fraction of sp³-hybridized carbons (Fsp3) is 0.381. The van der Waals surface area contributed by atoms with Crippen molar-refractivity contribution in [3.05, 3.63) is 56.9 Å². The monoisotopic (exact) mass is 548 g/mol. The zero-order valence-corrected chi connectivity index (χ0v) is 18.7. The maximum absolute atomic E-state index is 14.6. The third kappa shape index (κ3) is 4.81. The van der Waals surface area contributed by atoms with E-state index in [1.807, 2.05) is 22.6 Å². The number of rotatable bonds is 5. The maximum Gasteiger partial charge on any atom is 0.256 e. The molecule has 1 amide bonds. The quantitative estimate of drug-likeness (QED) is 0.461. The van der Waals surface area contributed by atoms with E-state index in [2.05, 4.69) is 10.2 Å². The van der Waals surface area contributed by atoms with Crippen LogP contribution in [0.1, 0.15) is 10.4 Å². The van der Waals surface area contributed by atoms with Crippen LogP contribution in [0, 0.1) is 21.0 Å². The second kappa shape index (κ2) is 8.93. The molecule has 0 unspecified atom stereocenters. The average Bonchev–Trinajstić information content (AvgIpc) is 2.71. The molecule has 2 aromatic carbocycles. The van der Waals surface area contributed by atoms with E-state index in [1.165, 1.54) is 23.1 Å². The highest BCUT2D eigenvalue weighted by atomic mass is 127. The zero-order valence-electron chi connectivity index (χ0n) is 16.6. The molecule has 2 heterocycles. The molecule has 0 saturated carbocycles. The molecule has 3 N–H and O–H groups in total. The Labute approximate surface area is 191 Å². The lowest BCUT2D eigenvalue weighted by atomic mass is 9.92. The van der Waals surface area contributed by atoms with Gasteiger partial charge >= 0.3 is 0 Å². The lowest BCUT2D eigenvalue weighted by Crippen LogP contribution is -2.68. The Balaban J connectivity index is 1.51. The minimum atomic E-state index is -1.25. The molecule has 2 aromatic rings. The van der Waals surface area contributed by atoms with Crippen LogP contribution in [0.3, 0.4) is 0 Å². The Kier molecular flexibility index (Phi) is 6.42. The number of amides is 1. The minimum Gasteiger partial charge on any atom is -0.437 e. The summed E-state index contributed by atoms with van der Waals surface area (Å²) in [6, 6.07) is 6.31. The third-order valence-corrected chi connectivity index (χ3v) is 6.09. The minimum absolute atomic E-state index is 0.0651. The van der Waals surface area contributed by atoms with Crippen molar-refractivity contribution in [3.8, 4) is 0 Å². The molecule has 4 rings (SSSR count). The van der Waals surface area contributed by atoms with Gasteiger partial charge < -0.3 is 20.1 Å². The fourth-order valence-corrected chi connectivity index (χ4v) is 4.32. The highest BCUT2D eigenvalue weighted by molar-refractivity contribution is 14.1. The van der Waals surface area contributed by atoms with Crippen LogP contribution in [-0.4, -0.2) is 72.4 Å². The van der Waals surface area contributed by atoms with Gasteiger partial charge in [-0.1, -0.05) is 0 Å². The number of halogens is 4. The van der Waals surface area contributed by atoms with E-state index in [0.29, 0.717) is 23.3 Å².